The summed E-state index contributed by atoms with van der Waals surface area (Å²) >= 11 is 0. The van der Waals surface area contributed by atoms with Crippen LogP contribution in [0.3, 0.4) is 0 Å². The van der Waals surface area contributed by atoms with Crippen LogP contribution in [-0.2, 0) is 0 Å². The normalized spacial score (nSPS) is 22.7. The van der Waals surface area contributed by atoms with Crippen LogP contribution >= 0.6 is 0 Å². The van der Waals surface area contributed by atoms with Gasteiger partial charge in [-0.15, -0.1) is 0 Å². The number of Topliss-reactive ketones (excluding diaryl/α,β-unsaturated/α-hetero) is 1. The molecule has 1 atom stereocenters. The first-order chi connectivity index (χ1) is 9.80. The Bertz CT molecular complexity index is 569. The summed E-state index contributed by atoms with van der Waals surface area (Å²) in [5.74, 6) is -0.190. The number of hydrogen-bond donors (Lipinski definition) is 1. The van der Waals surface area contributed by atoms with Gasteiger partial charge in [-0.05, 0) is 39.2 Å². The number of benzene rings is 1. The monoisotopic (exact) mass is 292 g/mol. The lowest BCUT2D eigenvalue weighted by atomic mass is 9.98. The average molecular weight is 292 g/mol. The molecule has 6 nitrogen and oxygen atoms in total. The molecule has 1 aromatic carbocycles. The third kappa shape index (κ3) is 3.58. The van der Waals surface area contributed by atoms with Crippen molar-refractivity contribution < 1.29 is 14.8 Å². The summed E-state index contributed by atoms with van der Waals surface area (Å²) in [5, 5.41) is 21.0. The van der Waals surface area contributed by atoms with E-state index in [4.69, 9.17) is 0 Å². The van der Waals surface area contributed by atoms with E-state index in [-0.39, 0.29) is 11.5 Å². The van der Waals surface area contributed by atoms with Gasteiger partial charge in [-0.2, -0.15) is 0 Å². The van der Waals surface area contributed by atoms with Crippen LogP contribution in [0.2, 0.25) is 0 Å². The molecular formula is C15H20N2O4. The molecule has 1 aliphatic heterocycles. The summed E-state index contributed by atoms with van der Waals surface area (Å²) < 4.78 is 0. The smallest absolute Gasteiger partial charge is 0.270 e. The van der Waals surface area contributed by atoms with Crippen molar-refractivity contribution in [3.63, 3.8) is 0 Å². The molecule has 0 amide bonds. The summed E-state index contributed by atoms with van der Waals surface area (Å²) in [6.07, 6.45) is 2.15. The zero-order valence-corrected chi connectivity index (χ0v) is 12.3. The molecule has 1 aliphatic rings. The van der Waals surface area contributed by atoms with E-state index >= 15 is 0 Å². The van der Waals surface area contributed by atoms with Crippen LogP contribution in [0.5, 0.6) is 0 Å². The molecule has 1 saturated heterocycles. The van der Waals surface area contributed by atoms with Gasteiger partial charge in [-0.25, -0.2) is 0 Å². The predicted octanol–water partition coefficient (Wildman–Crippen LogP) is 2.54. The largest absolute Gasteiger partial charge is 0.390 e. The van der Waals surface area contributed by atoms with Crippen molar-refractivity contribution in [1.29, 1.82) is 0 Å². The number of ketones is 1. The molecule has 114 valence electrons. The van der Waals surface area contributed by atoms with E-state index in [9.17, 15) is 20.0 Å². The van der Waals surface area contributed by atoms with Gasteiger partial charge in [0, 0.05) is 36.5 Å². The second-order valence-electron chi connectivity index (χ2n) is 5.85. The van der Waals surface area contributed by atoms with Gasteiger partial charge in [-0.1, -0.05) is 0 Å². The van der Waals surface area contributed by atoms with Crippen LogP contribution in [0.25, 0.3) is 0 Å². The molecule has 0 aliphatic carbocycles. The highest BCUT2D eigenvalue weighted by Crippen LogP contribution is 2.30. The minimum Gasteiger partial charge on any atom is -0.390 e. The molecule has 1 aromatic rings. The molecule has 1 unspecified atom stereocenters. The van der Waals surface area contributed by atoms with Gasteiger partial charge in [-0.3, -0.25) is 14.9 Å². The maximum Gasteiger partial charge on any atom is 0.270 e. The second kappa shape index (κ2) is 5.81. The third-order valence-corrected chi connectivity index (χ3v) is 3.97. The number of rotatable bonds is 3. The van der Waals surface area contributed by atoms with Gasteiger partial charge in [0.15, 0.2) is 5.78 Å². The fourth-order valence-electron chi connectivity index (χ4n) is 2.70. The van der Waals surface area contributed by atoms with Gasteiger partial charge in [0.2, 0.25) is 0 Å². The first kappa shape index (κ1) is 15.4. The first-order valence-electron chi connectivity index (χ1n) is 7.07. The number of anilines is 1. The summed E-state index contributed by atoms with van der Waals surface area (Å²) in [4.78, 5) is 24.2. The lowest BCUT2D eigenvalue weighted by Crippen LogP contribution is -2.29. The summed E-state index contributed by atoms with van der Waals surface area (Å²) in [5.41, 5.74) is 0.314. The van der Waals surface area contributed by atoms with Crippen molar-refractivity contribution in [2.45, 2.75) is 38.7 Å². The minimum absolute atomic E-state index is 0.0780. The van der Waals surface area contributed by atoms with Gasteiger partial charge in [0.1, 0.15) is 0 Å². The molecule has 1 fully saturated rings. The number of hydrogen-bond acceptors (Lipinski definition) is 5. The lowest BCUT2D eigenvalue weighted by molar-refractivity contribution is -0.384. The summed E-state index contributed by atoms with van der Waals surface area (Å²) in [6.45, 7) is 4.59. The number of non-ortho nitro benzene ring substituents is 1. The van der Waals surface area contributed by atoms with E-state index in [1.54, 1.807) is 6.07 Å². The number of nitro groups is 1. The zero-order chi connectivity index (χ0) is 15.6. The maximum absolute atomic E-state index is 11.8. The van der Waals surface area contributed by atoms with Gasteiger partial charge in [0.25, 0.3) is 5.69 Å². The number of nitrogens with zero attached hydrogens (tertiary/aromatic N) is 2. The Morgan fingerprint density at radius 2 is 2.10 bits per heavy atom. The van der Waals surface area contributed by atoms with Crippen LogP contribution in [-0.4, -0.2) is 34.5 Å². The molecular weight excluding hydrogens is 272 g/mol. The molecule has 6 heteroatoms. The average Bonchev–Trinajstić information content (AvgIpc) is 2.59. The summed E-state index contributed by atoms with van der Waals surface area (Å²) in [6, 6.07) is 4.39. The minimum atomic E-state index is -0.689. The van der Waals surface area contributed by atoms with Gasteiger partial charge < -0.3 is 10.0 Å². The van der Waals surface area contributed by atoms with Crippen molar-refractivity contribution in [3.05, 3.63) is 33.9 Å². The van der Waals surface area contributed by atoms with Crippen LogP contribution in [0.15, 0.2) is 18.2 Å². The van der Waals surface area contributed by atoms with Crippen LogP contribution in [0, 0.1) is 10.1 Å². The highest BCUT2D eigenvalue weighted by atomic mass is 16.6. The molecule has 0 spiro atoms. The van der Waals surface area contributed by atoms with E-state index in [1.165, 1.54) is 19.1 Å². The number of carbonyl (C=O) groups is 1. The van der Waals surface area contributed by atoms with Crippen LogP contribution in [0.4, 0.5) is 11.4 Å². The Morgan fingerprint density at radius 3 is 2.71 bits per heavy atom. The van der Waals surface area contributed by atoms with Crippen molar-refractivity contribution >= 4 is 17.2 Å². The fourth-order valence-corrected chi connectivity index (χ4v) is 2.70. The van der Waals surface area contributed by atoms with E-state index in [0.29, 0.717) is 30.6 Å². The molecule has 2 rings (SSSR count). The van der Waals surface area contributed by atoms with Crippen LogP contribution in [0.1, 0.15) is 43.5 Å². The Kier molecular flexibility index (Phi) is 4.27. The number of nitro benzene ring substituents is 1. The molecule has 0 radical (unpaired) electrons. The van der Waals surface area contributed by atoms with E-state index in [1.807, 2.05) is 11.8 Å². The standard InChI is InChI=1S/C15H20N2O4/c1-11(18)13-10-12(17(20)21)4-5-14(13)16-8-3-6-15(2,19)7-9-16/h4-5,10,19H,3,6-9H2,1-2H3. The molecule has 0 aromatic heterocycles. The molecule has 0 bridgehead atoms. The maximum atomic E-state index is 11.8. The summed E-state index contributed by atoms with van der Waals surface area (Å²) in [7, 11) is 0. The van der Waals surface area contributed by atoms with Gasteiger partial charge >= 0.3 is 0 Å². The topological polar surface area (TPSA) is 83.7 Å². The Hall–Kier alpha value is -1.95. The van der Waals surface area contributed by atoms with Crippen molar-refractivity contribution in [1.82, 2.24) is 0 Å². The number of carbonyl (C=O) groups excluding carboxylic acids is 1. The van der Waals surface area contributed by atoms with Crippen molar-refractivity contribution in [2.24, 2.45) is 0 Å². The second-order valence-corrected chi connectivity index (χ2v) is 5.85. The number of aliphatic hydroxyl groups is 1. The zero-order valence-electron chi connectivity index (χ0n) is 12.3. The Labute approximate surface area is 123 Å². The predicted molar refractivity (Wildman–Crippen MR) is 79.8 cm³/mol. The van der Waals surface area contributed by atoms with Gasteiger partial charge in [0.05, 0.1) is 10.5 Å². The molecule has 21 heavy (non-hydrogen) atoms. The van der Waals surface area contributed by atoms with E-state index in [2.05, 4.69) is 0 Å². The fraction of sp³-hybridized carbons (Fsp3) is 0.533. The SMILES string of the molecule is CC(=O)c1cc([N+](=O)[O-])ccc1N1CCCC(C)(O)CC1. The van der Waals surface area contributed by atoms with Crippen molar-refractivity contribution in [3.8, 4) is 0 Å². The molecule has 0 saturated carbocycles. The van der Waals surface area contributed by atoms with E-state index < -0.39 is 10.5 Å². The highest BCUT2D eigenvalue weighted by Gasteiger charge is 2.27. The quantitative estimate of drug-likeness (QED) is 0.526. The third-order valence-electron chi connectivity index (χ3n) is 3.97. The van der Waals surface area contributed by atoms with Crippen molar-refractivity contribution in [2.75, 3.05) is 18.0 Å². The highest BCUT2D eigenvalue weighted by molar-refractivity contribution is 6.00. The van der Waals surface area contributed by atoms with E-state index in [0.717, 1.165) is 13.0 Å². The Morgan fingerprint density at radius 1 is 1.38 bits per heavy atom. The first-order valence-corrected chi connectivity index (χ1v) is 7.07. The Balaban J connectivity index is 2.34. The molecule has 1 heterocycles. The van der Waals surface area contributed by atoms with Crippen LogP contribution < -0.4 is 4.90 Å². The molecule has 1 N–H and O–H groups in total. The lowest BCUT2D eigenvalue weighted by Gasteiger charge is -2.25.